The summed E-state index contributed by atoms with van der Waals surface area (Å²) in [6.45, 7) is 2.70. The molecule has 0 fully saturated rings. The topological polar surface area (TPSA) is 64.1 Å². The summed E-state index contributed by atoms with van der Waals surface area (Å²) in [5, 5.41) is 14.2. The fourth-order valence-electron chi connectivity index (χ4n) is 1.57. The van der Waals surface area contributed by atoms with Crippen molar-refractivity contribution in [3.8, 4) is 5.88 Å². The van der Waals surface area contributed by atoms with Crippen LogP contribution in [0.25, 0.3) is 0 Å². The van der Waals surface area contributed by atoms with E-state index in [1.165, 1.54) is 28.6 Å². The lowest BCUT2D eigenvalue weighted by molar-refractivity contribution is 0.392. The molecule has 0 spiro atoms. The van der Waals surface area contributed by atoms with Gasteiger partial charge in [-0.1, -0.05) is 11.8 Å². The highest BCUT2D eigenvalue weighted by molar-refractivity contribution is 7.99. The molecule has 0 saturated heterocycles. The Hall–Kier alpha value is -1.53. The van der Waals surface area contributed by atoms with Crippen molar-refractivity contribution >= 4 is 11.8 Å². The Morgan fingerprint density at radius 1 is 1.39 bits per heavy atom. The molecule has 0 radical (unpaired) electrons. The van der Waals surface area contributed by atoms with Crippen molar-refractivity contribution in [2.75, 3.05) is 6.54 Å². The maximum atomic E-state index is 12.8. The number of aromatic nitrogens is 2. The molecule has 3 N–H and O–H groups in total. The lowest BCUT2D eigenvalue weighted by Gasteiger charge is -2.02. The Morgan fingerprint density at radius 3 is 2.67 bits per heavy atom. The molecule has 1 aromatic carbocycles. The summed E-state index contributed by atoms with van der Waals surface area (Å²) < 4.78 is 14.3. The largest absolute Gasteiger partial charge is 0.493 e. The van der Waals surface area contributed by atoms with Crippen molar-refractivity contribution in [3.05, 3.63) is 35.8 Å². The first-order valence-electron chi connectivity index (χ1n) is 5.51. The van der Waals surface area contributed by atoms with Crippen LogP contribution < -0.4 is 5.73 Å². The molecule has 0 aliphatic rings. The number of nitrogens with zero attached hydrogens (tertiary/aromatic N) is 2. The van der Waals surface area contributed by atoms with Crippen molar-refractivity contribution in [2.24, 2.45) is 5.73 Å². The highest BCUT2D eigenvalue weighted by Crippen LogP contribution is 2.36. The van der Waals surface area contributed by atoms with Crippen LogP contribution in [0.1, 0.15) is 5.69 Å². The van der Waals surface area contributed by atoms with Gasteiger partial charge < -0.3 is 10.8 Å². The van der Waals surface area contributed by atoms with E-state index in [-0.39, 0.29) is 11.7 Å². The van der Waals surface area contributed by atoms with Crippen molar-refractivity contribution in [1.82, 2.24) is 9.78 Å². The molecule has 0 amide bonds. The molecule has 0 unspecified atom stereocenters. The van der Waals surface area contributed by atoms with Gasteiger partial charge >= 0.3 is 0 Å². The summed E-state index contributed by atoms with van der Waals surface area (Å²) in [6, 6.07) is 6.11. The van der Waals surface area contributed by atoms with Gasteiger partial charge in [0.2, 0.25) is 5.88 Å². The van der Waals surface area contributed by atoms with Crippen molar-refractivity contribution in [1.29, 1.82) is 0 Å². The van der Waals surface area contributed by atoms with E-state index in [1.807, 2.05) is 6.92 Å². The fourth-order valence-corrected chi connectivity index (χ4v) is 2.46. The van der Waals surface area contributed by atoms with Gasteiger partial charge in [-0.3, -0.25) is 0 Å². The average Bonchev–Trinajstić information content (AvgIpc) is 2.60. The monoisotopic (exact) mass is 267 g/mol. The molecule has 6 heteroatoms. The number of aromatic hydroxyl groups is 1. The van der Waals surface area contributed by atoms with Crippen LogP contribution in [0.5, 0.6) is 5.88 Å². The van der Waals surface area contributed by atoms with Gasteiger partial charge in [-0.2, -0.15) is 5.10 Å². The van der Waals surface area contributed by atoms with Gasteiger partial charge in [0.25, 0.3) is 0 Å². The zero-order valence-corrected chi connectivity index (χ0v) is 10.7. The maximum absolute atomic E-state index is 12.8. The van der Waals surface area contributed by atoms with Gasteiger partial charge in [0.1, 0.15) is 5.82 Å². The predicted octanol–water partition coefficient (Wildman–Crippen LogP) is 2.15. The van der Waals surface area contributed by atoms with Crippen LogP contribution in [0.15, 0.2) is 34.1 Å². The molecule has 0 saturated carbocycles. The standard InChI is InChI=1S/C12H14FN3OS/c1-8-11(12(17)16(15-8)7-6-14)18-10-4-2-9(13)3-5-10/h2-5,17H,6-7,14H2,1H3. The Labute approximate surface area is 109 Å². The molecule has 0 atom stereocenters. The van der Waals surface area contributed by atoms with E-state index in [2.05, 4.69) is 5.10 Å². The minimum atomic E-state index is -0.279. The van der Waals surface area contributed by atoms with Crippen LogP contribution in [0.3, 0.4) is 0 Å². The minimum Gasteiger partial charge on any atom is -0.493 e. The van der Waals surface area contributed by atoms with Crippen molar-refractivity contribution < 1.29 is 9.50 Å². The third-order valence-electron chi connectivity index (χ3n) is 2.42. The second-order valence-corrected chi connectivity index (χ2v) is 4.89. The van der Waals surface area contributed by atoms with Crippen molar-refractivity contribution in [2.45, 2.75) is 23.3 Å². The third-order valence-corrected chi connectivity index (χ3v) is 3.61. The van der Waals surface area contributed by atoms with Gasteiger partial charge in [0.05, 0.1) is 17.1 Å². The highest BCUT2D eigenvalue weighted by atomic mass is 32.2. The molecular weight excluding hydrogens is 253 g/mol. The van der Waals surface area contributed by atoms with E-state index in [4.69, 9.17) is 5.73 Å². The first-order chi connectivity index (χ1) is 8.61. The zero-order valence-electron chi connectivity index (χ0n) is 9.93. The summed E-state index contributed by atoms with van der Waals surface area (Å²) >= 11 is 1.36. The van der Waals surface area contributed by atoms with E-state index in [1.54, 1.807) is 12.1 Å². The molecule has 96 valence electrons. The second kappa shape index (κ2) is 5.41. The van der Waals surface area contributed by atoms with Gasteiger partial charge in [0, 0.05) is 11.4 Å². The van der Waals surface area contributed by atoms with Crippen LogP contribution in [-0.4, -0.2) is 21.4 Å². The normalized spacial score (nSPS) is 10.8. The molecule has 1 aromatic heterocycles. The summed E-state index contributed by atoms with van der Waals surface area (Å²) in [7, 11) is 0. The number of rotatable bonds is 4. The van der Waals surface area contributed by atoms with E-state index in [0.29, 0.717) is 18.0 Å². The number of halogens is 1. The molecule has 1 heterocycles. The van der Waals surface area contributed by atoms with E-state index in [0.717, 1.165) is 10.6 Å². The molecule has 0 aliphatic heterocycles. The van der Waals surface area contributed by atoms with Crippen LogP contribution in [-0.2, 0) is 6.54 Å². The van der Waals surface area contributed by atoms with E-state index < -0.39 is 0 Å². The average molecular weight is 267 g/mol. The van der Waals surface area contributed by atoms with Crippen LogP contribution >= 0.6 is 11.8 Å². The fraction of sp³-hybridized carbons (Fsp3) is 0.250. The summed E-state index contributed by atoms with van der Waals surface area (Å²) in [4.78, 5) is 1.53. The Bertz CT molecular complexity index is 539. The first kappa shape index (κ1) is 12.9. The van der Waals surface area contributed by atoms with E-state index in [9.17, 15) is 9.50 Å². The molecular formula is C12H14FN3OS. The van der Waals surface area contributed by atoms with Crippen LogP contribution in [0.2, 0.25) is 0 Å². The molecule has 2 rings (SSSR count). The lowest BCUT2D eigenvalue weighted by Crippen LogP contribution is -2.10. The zero-order chi connectivity index (χ0) is 13.1. The smallest absolute Gasteiger partial charge is 0.224 e. The number of benzene rings is 1. The van der Waals surface area contributed by atoms with Crippen molar-refractivity contribution in [3.63, 3.8) is 0 Å². The Balaban J connectivity index is 2.26. The van der Waals surface area contributed by atoms with Gasteiger partial charge in [-0.15, -0.1) is 0 Å². The van der Waals surface area contributed by atoms with Gasteiger partial charge in [-0.05, 0) is 31.2 Å². The third kappa shape index (κ3) is 2.65. The van der Waals surface area contributed by atoms with Crippen LogP contribution in [0.4, 0.5) is 4.39 Å². The summed E-state index contributed by atoms with van der Waals surface area (Å²) in [5.41, 5.74) is 6.17. The number of hydrogen-bond donors (Lipinski definition) is 2. The molecule has 4 nitrogen and oxygen atoms in total. The first-order valence-corrected chi connectivity index (χ1v) is 6.33. The maximum Gasteiger partial charge on any atom is 0.224 e. The number of hydrogen-bond acceptors (Lipinski definition) is 4. The van der Waals surface area contributed by atoms with Gasteiger partial charge in [-0.25, -0.2) is 9.07 Å². The quantitative estimate of drug-likeness (QED) is 0.891. The highest BCUT2D eigenvalue weighted by Gasteiger charge is 2.15. The Kier molecular flexibility index (Phi) is 3.88. The molecule has 0 bridgehead atoms. The number of aryl methyl sites for hydroxylation is 1. The molecule has 2 aromatic rings. The predicted molar refractivity (Wildman–Crippen MR) is 68.2 cm³/mol. The summed E-state index contributed by atoms with van der Waals surface area (Å²) in [6.07, 6.45) is 0. The number of nitrogens with two attached hydrogens (primary N) is 1. The molecule has 18 heavy (non-hydrogen) atoms. The SMILES string of the molecule is Cc1nn(CCN)c(O)c1Sc1ccc(F)cc1. The Morgan fingerprint density at radius 2 is 2.06 bits per heavy atom. The van der Waals surface area contributed by atoms with Crippen LogP contribution in [0, 0.1) is 12.7 Å². The minimum absolute atomic E-state index is 0.104. The van der Waals surface area contributed by atoms with E-state index >= 15 is 0 Å². The summed E-state index contributed by atoms with van der Waals surface area (Å²) in [5.74, 6) is -0.175. The molecule has 0 aliphatic carbocycles. The van der Waals surface area contributed by atoms with Gasteiger partial charge in [0.15, 0.2) is 0 Å². The second-order valence-electron chi connectivity index (χ2n) is 3.81. The lowest BCUT2D eigenvalue weighted by atomic mass is 10.4.